The number of hydrogen-bond acceptors (Lipinski definition) is 6. The number of nitrogens with zero attached hydrogens (tertiary/aromatic N) is 4. The van der Waals surface area contributed by atoms with Crippen molar-refractivity contribution in [1.82, 2.24) is 25.5 Å². The van der Waals surface area contributed by atoms with Crippen molar-refractivity contribution >= 4 is 5.91 Å². The van der Waals surface area contributed by atoms with Gasteiger partial charge in [-0.2, -0.15) is 0 Å². The molecule has 0 spiro atoms. The second kappa shape index (κ2) is 7.45. The number of tetrazole rings is 1. The van der Waals surface area contributed by atoms with Gasteiger partial charge in [0.2, 0.25) is 0 Å². The molecule has 1 atom stereocenters. The maximum atomic E-state index is 12.4. The van der Waals surface area contributed by atoms with Crippen molar-refractivity contribution in [3.63, 3.8) is 0 Å². The average molecular weight is 365 g/mol. The third kappa shape index (κ3) is 3.74. The molecule has 0 saturated carbocycles. The predicted octanol–water partition coefficient (Wildman–Crippen LogP) is 1.65. The van der Waals surface area contributed by atoms with Gasteiger partial charge in [0.25, 0.3) is 5.91 Å². The van der Waals surface area contributed by atoms with E-state index in [1.807, 2.05) is 18.2 Å². The van der Waals surface area contributed by atoms with E-state index in [9.17, 15) is 4.79 Å². The number of nitrogens with one attached hydrogen (secondary N) is 1. The Bertz CT molecular complexity index is 925. The van der Waals surface area contributed by atoms with Crippen LogP contribution in [0, 0.1) is 5.92 Å². The minimum Gasteiger partial charge on any atom is -0.497 e. The summed E-state index contributed by atoms with van der Waals surface area (Å²) in [5, 5.41) is 14.0. The number of amides is 1. The van der Waals surface area contributed by atoms with Crippen LogP contribution in [0.4, 0.5) is 0 Å². The van der Waals surface area contributed by atoms with E-state index >= 15 is 0 Å². The van der Waals surface area contributed by atoms with Crippen molar-refractivity contribution in [2.75, 3.05) is 20.3 Å². The lowest BCUT2D eigenvalue weighted by Crippen LogP contribution is -2.34. The normalized spacial score (nSPS) is 15.5. The van der Waals surface area contributed by atoms with E-state index in [-0.39, 0.29) is 11.8 Å². The summed E-state index contributed by atoms with van der Waals surface area (Å²) in [6, 6.07) is 13.0. The van der Waals surface area contributed by atoms with E-state index in [2.05, 4.69) is 20.8 Å². The Labute approximate surface area is 156 Å². The highest BCUT2D eigenvalue weighted by atomic mass is 16.5. The molecular weight excluding hydrogens is 346 g/mol. The molecule has 0 radical (unpaired) electrons. The molecule has 2 heterocycles. The molecule has 1 N–H and O–H groups in total. The van der Waals surface area contributed by atoms with Crippen LogP contribution in [-0.2, 0) is 6.42 Å². The van der Waals surface area contributed by atoms with Crippen LogP contribution in [0.25, 0.3) is 5.69 Å². The highest BCUT2D eigenvalue weighted by molar-refractivity contribution is 5.94. The predicted molar refractivity (Wildman–Crippen MR) is 97.2 cm³/mol. The van der Waals surface area contributed by atoms with Gasteiger partial charge in [-0.1, -0.05) is 6.07 Å². The molecular formula is C19H19N5O3. The Morgan fingerprint density at radius 1 is 1.30 bits per heavy atom. The molecule has 1 aliphatic heterocycles. The Hall–Kier alpha value is -3.42. The number of carbonyl (C=O) groups is 1. The molecule has 0 aliphatic carbocycles. The number of carbonyl (C=O) groups excluding carboxylic acids is 1. The minimum atomic E-state index is -0.112. The molecule has 3 aromatic rings. The average Bonchev–Trinajstić information content (AvgIpc) is 3.26. The van der Waals surface area contributed by atoms with Crippen molar-refractivity contribution in [3.05, 3.63) is 59.9 Å². The van der Waals surface area contributed by atoms with Gasteiger partial charge in [0.1, 0.15) is 17.8 Å². The van der Waals surface area contributed by atoms with Crippen molar-refractivity contribution in [3.8, 4) is 17.2 Å². The summed E-state index contributed by atoms with van der Waals surface area (Å²) in [4.78, 5) is 12.4. The molecule has 0 bridgehead atoms. The van der Waals surface area contributed by atoms with Gasteiger partial charge in [0, 0.05) is 24.1 Å². The molecule has 0 saturated heterocycles. The third-order valence-electron chi connectivity index (χ3n) is 4.55. The monoisotopic (exact) mass is 365 g/mol. The van der Waals surface area contributed by atoms with Gasteiger partial charge in [-0.3, -0.25) is 4.79 Å². The fourth-order valence-electron chi connectivity index (χ4n) is 3.06. The quantitative estimate of drug-likeness (QED) is 0.739. The lowest BCUT2D eigenvalue weighted by atomic mass is 9.96. The number of ether oxygens (including phenoxy) is 2. The van der Waals surface area contributed by atoms with Crippen molar-refractivity contribution in [1.29, 1.82) is 0 Å². The first-order valence-corrected chi connectivity index (χ1v) is 8.64. The zero-order valence-electron chi connectivity index (χ0n) is 14.8. The molecule has 8 nitrogen and oxygen atoms in total. The van der Waals surface area contributed by atoms with E-state index in [0.717, 1.165) is 29.2 Å². The summed E-state index contributed by atoms with van der Waals surface area (Å²) in [5.74, 6) is 1.76. The molecule has 1 aromatic heterocycles. The lowest BCUT2D eigenvalue weighted by Gasteiger charge is -2.25. The van der Waals surface area contributed by atoms with E-state index < -0.39 is 0 Å². The fourth-order valence-corrected chi connectivity index (χ4v) is 3.06. The first-order chi connectivity index (χ1) is 13.2. The molecule has 1 aliphatic rings. The smallest absolute Gasteiger partial charge is 0.251 e. The number of aromatic nitrogens is 4. The molecule has 0 unspecified atom stereocenters. The third-order valence-corrected chi connectivity index (χ3v) is 4.55. The van der Waals surface area contributed by atoms with Crippen LogP contribution in [0.5, 0.6) is 11.5 Å². The molecule has 4 rings (SSSR count). The van der Waals surface area contributed by atoms with Crippen LogP contribution >= 0.6 is 0 Å². The largest absolute Gasteiger partial charge is 0.497 e. The Morgan fingerprint density at radius 2 is 2.15 bits per heavy atom. The highest BCUT2D eigenvalue weighted by Gasteiger charge is 2.21. The Balaban J connectivity index is 1.34. The van der Waals surface area contributed by atoms with E-state index in [1.165, 1.54) is 11.0 Å². The van der Waals surface area contributed by atoms with Gasteiger partial charge in [-0.15, -0.1) is 5.10 Å². The zero-order valence-corrected chi connectivity index (χ0v) is 14.8. The Morgan fingerprint density at radius 3 is 2.89 bits per heavy atom. The van der Waals surface area contributed by atoms with Crippen LogP contribution in [0.2, 0.25) is 0 Å². The topological polar surface area (TPSA) is 91.2 Å². The summed E-state index contributed by atoms with van der Waals surface area (Å²) in [6.07, 6.45) is 2.36. The SMILES string of the molecule is COc1ccc2c(c1)OC[C@H](CNC(=O)c1ccc(-n3cnnn3)cc1)C2. The summed E-state index contributed by atoms with van der Waals surface area (Å²) in [5.41, 5.74) is 2.52. The van der Waals surface area contributed by atoms with E-state index in [4.69, 9.17) is 9.47 Å². The van der Waals surface area contributed by atoms with Crippen LogP contribution in [0.3, 0.4) is 0 Å². The van der Waals surface area contributed by atoms with Crippen molar-refractivity contribution in [2.45, 2.75) is 6.42 Å². The van der Waals surface area contributed by atoms with Gasteiger partial charge in [0.15, 0.2) is 0 Å². The highest BCUT2D eigenvalue weighted by Crippen LogP contribution is 2.30. The second-order valence-corrected chi connectivity index (χ2v) is 6.37. The van der Waals surface area contributed by atoms with Gasteiger partial charge in [0.05, 0.1) is 19.4 Å². The molecule has 0 fully saturated rings. The maximum Gasteiger partial charge on any atom is 0.251 e. The summed E-state index contributed by atoms with van der Waals surface area (Å²) >= 11 is 0. The number of fused-ring (bicyclic) bond motifs is 1. The van der Waals surface area contributed by atoms with Crippen molar-refractivity contribution in [2.24, 2.45) is 5.92 Å². The van der Waals surface area contributed by atoms with E-state index in [1.54, 1.807) is 31.4 Å². The van der Waals surface area contributed by atoms with E-state index in [0.29, 0.717) is 18.7 Å². The summed E-state index contributed by atoms with van der Waals surface area (Å²) < 4.78 is 12.6. The minimum absolute atomic E-state index is 0.112. The lowest BCUT2D eigenvalue weighted by molar-refractivity contribution is 0.0939. The molecule has 2 aromatic carbocycles. The second-order valence-electron chi connectivity index (χ2n) is 6.37. The molecule has 8 heteroatoms. The van der Waals surface area contributed by atoms with Gasteiger partial charge >= 0.3 is 0 Å². The number of hydrogen-bond donors (Lipinski definition) is 1. The Kier molecular flexibility index (Phi) is 4.69. The van der Waals surface area contributed by atoms with Crippen molar-refractivity contribution < 1.29 is 14.3 Å². The fraction of sp³-hybridized carbons (Fsp3) is 0.263. The molecule has 1 amide bonds. The van der Waals surface area contributed by atoms with Crippen LogP contribution in [0.15, 0.2) is 48.8 Å². The standard InChI is InChI=1S/C19H19N5O3/c1-26-17-7-4-15-8-13(11-27-18(15)9-17)10-20-19(25)14-2-5-16(6-3-14)24-12-21-22-23-24/h2-7,9,12-13H,8,10-11H2,1H3,(H,20,25)/t13-/m0/s1. The van der Waals surface area contributed by atoms with Gasteiger partial charge in [-0.25, -0.2) is 4.68 Å². The first-order valence-electron chi connectivity index (χ1n) is 8.64. The number of methoxy groups -OCH3 is 1. The molecule has 138 valence electrons. The zero-order chi connectivity index (χ0) is 18.6. The first kappa shape index (κ1) is 17.0. The van der Waals surface area contributed by atoms with Crippen LogP contribution in [0.1, 0.15) is 15.9 Å². The summed E-state index contributed by atoms with van der Waals surface area (Å²) in [6.45, 7) is 1.12. The van der Waals surface area contributed by atoms with Crippen LogP contribution in [-0.4, -0.2) is 46.4 Å². The van der Waals surface area contributed by atoms with Gasteiger partial charge < -0.3 is 14.8 Å². The summed E-state index contributed by atoms with van der Waals surface area (Å²) in [7, 11) is 1.64. The molecule has 27 heavy (non-hydrogen) atoms. The van der Waals surface area contributed by atoms with Crippen LogP contribution < -0.4 is 14.8 Å². The van der Waals surface area contributed by atoms with Gasteiger partial charge in [-0.05, 0) is 52.7 Å². The number of benzene rings is 2. The number of rotatable bonds is 5. The maximum absolute atomic E-state index is 12.4.